The summed E-state index contributed by atoms with van der Waals surface area (Å²) in [6, 6.07) is 3.94. The minimum atomic E-state index is -0.768. The minimum absolute atomic E-state index is 0.0183. The lowest BCUT2D eigenvalue weighted by atomic mass is 10.1. The van der Waals surface area contributed by atoms with Gasteiger partial charge in [-0.25, -0.2) is 0 Å². The van der Waals surface area contributed by atoms with Crippen molar-refractivity contribution < 1.29 is 9.72 Å². The van der Waals surface area contributed by atoms with Crippen LogP contribution in [-0.2, 0) is 4.79 Å². The van der Waals surface area contributed by atoms with Crippen molar-refractivity contribution in [2.24, 2.45) is 5.73 Å². The summed E-state index contributed by atoms with van der Waals surface area (Å²) in [5.74, 6) is -0.137. The number of hydrogen-bond acceptors (Lipinski definition) is 4. The number of nitrogens with zero attached hydrogens (tertiary/aromatic N) is 2. The first-order chi connectivity index (χ1) is 9.09. The zero-order valence-electron chi connectivity index (χ0n) is 10.4. The molecule has 1 fully saturated rings. The van der Waals surface area contributed by atoms with E-state index >= 15 is 0 Å². The van der Waals surface area contributed by atoms with Crippen molar-refractivity contribution in [1.29, 1.82) is 0 Å². The number of benzene rings is 1. The van der Waals surface area contributed by atoms with Gasteiger partial charge in [0.15, 0.2) is 0 Å². The van der Waals surface area contributed by atoms with Crippen LogP contribution in [0.25, 0.3) is 0 Å². The fourth-order valence-electron chi connectivity index (χ4n) is 3.06. The molecule has 1 aliphatic carbocycles. The van der Waals surface area contributed by atoms with E-state index in [9.17, 15) is 14.9 Å². The molecule has 2 aliphatic rings. The lowest BCUT2D eigenvalue weighted by molar-refractivity contribution is -0.384. The van der Waals surface area contributed by atoms with Crippen molar-refractivity contribution in [3.05, 3.63) is 33.9 Å². The lowest BCUT2D eigenvalue weighted by Crippen LogP contribution is -2.38. The van der Waals surface area contributed by atoms with Crippen LogP contribution >= 0.6 is 0 Å². The molecular weight excluding hydrogens is 246 g/mol. The van der Waals surface area contributed by atoms with Crippen molar-refractivity contribution >= 4 is 17.3 Å². The first kappa shape index (κ1) is 12.1. The van der Waals surface area contributed by atoms with Gasteiger partial charge < -0.3 is 10.6 Å². The van der Waals surface area contributed by atoms with Crippen molar-refractivity contribution in [3.63, 3.8) is 0 Å². The number of hydrogen-bond donors (Lipinski definition) is 1. The Bertz CT molecular complexity index is 552. The fraction of sp³-hybridized carbons (Fsp3) is 0.462. The maximum absolute atomic E-state index is 12.3. The van der Waals surface area contributed by atoms with Gasteiger partial charge in [0.2, 0.25) is 5.91 Å². The molecule has 0 spiro atoms. The Morgan fingerprint density at radius 3 is 2.63 bits per heavy atom. The van der Waals surface area contributed by atoms with E-state index in [0.29, 0.717) is 5.56 Å². The molecule has 1 heterocycles. The number of anilines is 1. The monoisotopic (exact) mass is 261 g/mol. The second-order valence-electron chi connectivity index (χ2n) is 5.12. The highest BCUT2D eigenvalue weighted by Crippen LogP contribution is 2.41. The summed E-state index contributed by atoms with van der Waals surface area (Å²) in [5, 5.41) is 10.8. The Labute approximate surface area is 110 Å². The van der Waals surface area contributed by atoms with Crippen molar-refractivity contribution in [3.8, 4) is 0 Å². The van der Waals surface area contributed by atoms with E-state index in [1.165, 1.54) is 12.1 Å². The van der Waals surface area contributed by atoms with Crippen molar-refractivity contribution in [1.82, 2.24) is 0 Å². The van der Waals surface area contributed by atoms with Gasteiger partial charge in [-0.2, -0.15) is 0 Å². The Hall–Kier alpha value is -1.95. The largest absolute Gasteiger partial charge is 0.316 e. The van der Waals surface area contributed by atoms with E-state index in [4.69, 9.17) is 5.73 Å². The van der Waals surface area contributed by atoms with Gasteiger partial charge in [-0.05, 0) is 18.9 Å². The molecule has 100 valence electrons. The molecule has 1 amide bonds. The quantitative estimate of drug-likeness (QED) is 0.650. The van der Waals surface area contributed by atoms with Crippen LogP contribution in [0.4, 0.5) is 11.4 Å². The molecule has 1 aromatic rings. The number of nitro groups is 1. The predicted octanol–water partition coefficient (Wildman–Crippen LogP) is 1.88. The number of non-ortho nitro benzene ring substituents is 1. The van der Waals surface area contributed by atoms with Gasteiger partial charge in [0, 0.05) is 29.4 Å². The maximum Gasteiger partial charge on any atom is 0.269 e. The minimum Gasteiger partial charge on any atom is -0.316 e. The molecule has 1 atom stereocenters. The normalized spacial score (nSPS) is 22.9. The number of carbonyl (C=O) groups excluding carboxylic acids is 1. The highest BCUT2D eigenvalue weighted by molar-refractivity contribution is 6.05. The summed E-state index contributed by atoms with van der Waals surface area (Å²) in [4.78, 5) is 24.3. The van der Waals surface area contributed by atoms with Crippen LogP contribution in [0, 0.1) is 10.1 Å². The molecule has 0 aromatic heterocycles. The average molecular weight is 261 g/mol. The summed E-state index contributed by atoms with van der Waals surface area (Å²) in [5.41, 5.74) is 7.21. The number of rotatable bonds is 2. The van der Waals surface area contributed by atoms with Crippen LogP contribution in [-0.4, -0.2) is 16.9 Å². The first-order valence-corrected chi connectivity index (χ1v) is 6.46. The molecule has 1 aliphatic heterocycles. The standard InChI is InChI=1S/C13H15N3O3/c14-12-10-7-9(16(18)19)5-6-11(10)15(13(12)17)8-3-1-2-4-8/h5-8,12H,1-4,14H2. The van der Waals surface area contributed by atoms with Gasteiger partial charge in [0.1, 0.15) is 6.04 Å². The van der Waals surface area contributed by atoms with Crippen LogP contribution < -0.4 is 10.6 Å². The molecule has 0 radical (unpaired) electrons. The highest BCUT2D eigenvalue weighted by atomic mass is 16.6. The zero-order chi connectivity index (χ0) is 13.6. The summed E-state index contributed by atoms with van der Waals surface area (Å²) in [7, 11) is 0. The van der Waals surface area contributed by atoms with Gasteiger partial charge >= 0.3 is 0 Å². The summed E-state index contributed by atoms with van der Waals surface area (Å²) >= 11 is 0. The molecule has 6 heteroatoms. The predicted molar refractivity (Wildman–Crippen MR) is 69.8 cm³/mol. The molecular formula is C13H15N3O3. The Morgan fingerprint density at radius 1 is 1.32 bits per heavy atom. The second kappa shape index (κ2) is 4.31. The SMILES string of the molecule is NC1C(=O)N(C2CCCC2)c2ccc([N+](=O)[O-])cc21. The smallest absolute Gasteiger partial charge is 0.269 e. The van der Waals surface area contributed by atoms with E-state index in [0.717, 1.165) is 31.4 Å². The van der Waals surface area contributed by atoms with Gasteiger partial charge in [-0.15, -0.1) is 0 Å². The third kappa shape index (κ3) is 1.79. The average Bonchev–Trinajstić information content (AvgIpc) is 2.98. The molecule has 6 nitrogen and oxygen atoms in total. The van der Waals surface area contributed by atoms with Crippen LogP contribution in [0.5, 0.6) is 0 Å². The van der Waals surface area contributed by atoms with Crippen LogP contribution in [0.3, 0.4) is 0 Å². The number of nitro benzene ring substituents is 1. The highest BCUT2D eigenvalue weighted by Gasteiger charge is 2.40. The van der Waals surface area contributed by atoms with E-state index in [1.54, 1.807) is 11.0 Å². The lowest BCUT2D eigenvalue weighted by Gasteiger charge is -2.24. The van der Waals surface area contributed by atoms with Crippen molar-refractivity contribution in [2.75, 3.05) is 4.90 Å². The summed E-state index contributed by atoms with van der Waals surface area (Å²) in [6.45, 7) is 0. The van der Waals surface area contributed by atoms with E-state index in [-0.39, 0.29) is 17.6 Å². The van der Waals surface area contributed by atoms with E-state index in [2.05, 4.69) is 0 Å². The molecule has 3 rings (SSSR count). The fourth-order valence-corrected chi connectivity index (χ4v) is 3.06. The van der Waals surface area contributed by atoms with Crippen LogP contribution in [0.2, 0.25) is 0 Å². The Kier molecular flexibility index (Phi) is 2.74. The van der Waals surface area contributed by atoms with E-state index in [1.807, 2.05) is 0 Å². The number of fused-ring (bicyclic) bond motifs is 1. The molecule has 0 saturated heterocycles. The number of amides is 1. The molecule has 1 saturated carbocycles. The van der Waals surface area contributed by atoms with Crippen LogP contribution in [0.1, 0.15) is 37.3 Å². The second-order valence-corrected chi connectivity index (χ2v) is 5.12. The number of carbonyl (C=O) groups is 1. The number of nitrogens with two attached hydrogens (primary N) is 1. The molecule has 1 unspecified atom stereocenters. The zero-order valence-corrected chi connectivity index (χ0v) is 10.4. The molecule has 0 bridgehead atoms. The van der Waals surface area contributed by atoms with Crippen LogP contribution in [0.15, 0.2) is 18.2 Å². The third-order valence-corrected chi connectivity index (χ3v) is 4.01. The van der Waals surface area contributed by atoms with Gasteiger partial charge in [-0.3, -0.25) is 14.9 Å². The van der Waals surface area contributed by atoms with Crippen molar-refractivity contribution in [2.45, 2.75) is 37.8 Å². The first-order valence-electron chi connectivity index (χ1n) is 6.46. The Balaban J connectivity index is 2.03. The summed E-state index contributed by atoms with van der Waals surface area (Å²) in [6.07, 6.45) is 4.20. The van der Waals surface area contributed by atoms with E-state index < -0.39 is 11.0 Å². The summed E-state index contributed by atoms with van der Waals surface area (Å²) < 4.78 is 0. The molecule has 1 aromatic carbocycles. The van der Waals surface area contributed by atoms with Gasteiger partial charge in [0.25, 0.3) is 5.69 Å². The molecule has 2 N–H and O–H groups in total. The van der Waals surface area contributed by atoms with Gasteiger partial charge in [0.05, 0.1) is 4.92 Å². The molecule has 19 heavy (non-hydrogen) atoms. The Morgan fingerprint density at radius 2 is 2.00 bits per heavy atom. The third-order valence-electron chi connectivity index (χ3n) is 4.01. The van der Waals surface area contributed by atoms with Gasteiger partial charge in [-0.1, -0.05) is 12.8 Å². The topological polar surface area (TPSA) is 89.5 Å². The maximum atomic E-state index is 12.3.